The quantitative estimate of drug-likeness (QED) is 0.589. The topological polar surface area (TPSA) is 41.6 Å². The maximum absolute atomic E-state index is 10.2. The number of nitrogens with zero attached hydrogens (tertiary/aromatic N) is 1. The summed E-state index contributed by atoms with van der Waals surface area (Å²) in [6, 6.07) is 8.89. The zero-order valence-corrected chi connectivity index (χ0v) is 14.3. The molecular formula is C19H30N2O2. The van der Waals surface area contributed by atoms with E-state index in [1.54, 1.807) is 0 Å². The summed E-state index contributed by atoms with van der Waals surface area (Å²) in [6.07, 6.45) is 8.29. The molecule has 0 saturated carbocycles. The van der Waals surface area contributed by atoms with Gasteiger partial charge in [-0.3, -0.25) is 9.69 Å². The molecule has 0 spiro atoms. The smallest absolute Gasteiger partial charge is 0.207 e. The van der Waals surface area contributed by atoms with E-state index in [4.69, 9.17) is 4.74 Å². The van der Waals surface area contributed by atoms with Crippen molar-refractivity contribution in [3.05, 3.63) is 29.8 Å². The van der Waals surface area contributed by atoms with Gasteiger partial charge in [0.05, 0.1) is 6.61 Å². The van der Waals surface area contributed by atoms with Crippen molar-refractivity contribution in [1.82, 2.24) is 10.2 Å². The van der Waals surface area contributed by atoms with Crippen LogP contribution in [0.2, 0.25) is 0 Å². The number of hydrogen-bond acceptors (Lipinski definition) is 3. The van der Waals surface area contributed by atoms with E-state index in [2.05, 4.69) is 35.3 Å². The van der Waals surface area contributed by atoms with Crippen molar-refractivity contribution in [2.24, 2.45) is 0 Å². The van der Waals surface area contributed by atoms with Gasteiger partial charge in [0.15, 0.2) is 0 Å². The fourth-order valence-electron chi connectivity index (χ4n) is 3.16. The predicted octanol–water partition coefficient (Wildman–Crippen LogP) is 3.53. The Morgan fingerprint density at radius 2 is 1.96 bits per heavy atom. The summed E-state index contributed by atoms with van der Waals surface area (Å²) in [7, 11) is 0. The molecule has 23 heavy (non-hydrogen) atoms. The minimum atomic E-state index is 0.438. The molecule has 1 saturated heterocycles. The van der Waals surface area contributed by atoms with Crippen molar-refractivity contribution in [2.75, 3.05) is 26.2 Å². The normalized spacial score (nSPS) is 17.8. The third kappa shape index (κ3) is 6.22. The molecule has 1 fully saturated rings. The van der Waals surface area contributed by atoms with Gasteiger partial charge in [-0.2, -0.15) is 0 Å². The molecule has 128 valence electrons. The largest absolute Gasteiger partial charge is 0.494 e. The second-order valence-electron chi connectivity index (χ2n) is 6.33. The van der Waals surface area contributed by atoms with Gasteiger partial charge in [0.1, 0.15) is 5.75 Å². The summed E-state index contributed by atoms with van der Waals surface area (Å²) in [5, 5.41) is 2.65. The van der Waals surface area contributed by atoms with E-state index in [1.165, 1.54) is 50.8 Å². The fourth-order valence-corrected chi connectivity index (χ4v) is 3.16. The molecule has 1 aliphatic heterocycles. The summed E-state index contributed by atoms with van der Waals surface area (Å²) in [6.45, 7) is 5.98. The van der Waals surface area contributed by atoms with E-state index in [-0.39, 0.29) is 0 Å². The summed E-state index contributed by atoms with van der Waals surface area (Å²) < 4.78 is 5.80. The predicted molar refractivity (Wildman–Crippen MR) is 93.7 cm³/mol. The lowest BCUT2D eigenvalue weighted by molar-refractivity contribution is -0.109. The van der Waals surface area contributed by atoms with Crippen LogP contribution in [0.25, 0.3) is 0 Å². The van der Waals surface area contributed by atoms with Gasteiger partial charge in [0, 0.05) is 12.6 Å². The Hall–Kier alpha value is -1.55. The first-order valence-electron chi connectivity index (χ1n) is 8.95. The zero-order chi connectivity index (χ0) is 16.3. The number of ether oxygens (including phenoxy) is 1. The number of carbonyl (C=O) groups is 1. The van der Waals surface area contributed by atoms with Crippen LogP contribution in [0.5, 0.6) is 5.75 Å². The van der Waals surface area contributed by atoms with E-state index in [0.717, 1.165) is 18.6 Å². The molecule has 0 bridgehead atoms. The Morgan fingerprint density at radius 1 is 1.22 bits per heavy atom. The molecule has 4 heteroatoms. The molecule has 1 N–H and O–H groups in total. The minimum Gasteiger partial charge on any atom is -0.494 e. The Bertz CT molecular complexity index is 456. The third-order valence-corrected chi connectivity index (χ3v) is 4.60. The van der Waals surface area contributed by atoms with Gasteiger partial charge in [-0.1, -0.05) is 31.4 Å². The Labute approximate surface area is 140 Å². The van der Waals surface area contributed by atoms with Crippen LogP contribution >= 0.6 is 0 Å². The van der Waals surface area contributed by atoms with Crippen molar-refractivity contribution < 1.29 is 9.53 Å². The number of amides is 1. The summed E-state index contributed by atoms with van der Waals surface area (Å²) in [5.74, 6) is 0.924. The van der Waals surface area contributed by atoms with Crippen molar-refractivity contribution in [2.45, 2.75) is 51.5 Å². The molecule has 1 unspecified atom stereocenters. The number of likely N-dealkylation sites (tertiary alicyclic amines) is 1. The number of benzene rings is 1. The molecule has 2 rings (SSSR count). The van der Waals surface area contributed by atoms with Crippen molar-refractivity contribution in [3.63, 3.8) is 0 Å². The average molecular weight is 318 g/mol. The number of nitrogens with one attached hydrogen (secondary N) is 1. The first-order valence-corrected chi connectivity index (χ1v) is 8.95. The van der Waals surface area contributed by atoms with Gasteiger partial charge in [-0.25, -0.2) is 0 Å². The maximum Gasteiger partial charge on any atom is 0.207 e. The minimum absolute atomic E-state index is 0.438. The third-order valence-electron chi connectivity index (χ3n) is 4.60. The lowest BCUT2D eigenvalue weighted by Crippen LogP contribution is -2.30. The second kappa shape index (κ2) is 10.3. The lowest BCUT2D eigenvalue weighted by Gasteiger charge is -2.31. The van der Waals surface area contributed by atoms with Crippen LogP contribution in [0.1, 0.15) is 57.1 Å². The fraction of sp³-hybridized carbons (Fsp3) is 0.632. The van der Waals surface area contributed by atoms with Crippen LogP contribution in [0.4, 0.5) is 0 Å². The van der Waals surface area contributed by atoms with Crippen LogP contribution in [-0.4, -0.2) is 37.6 Å². The zero-order valence-electron chi connectivity index (χ0n) is 14.3. The summed E-state index contributed by atoms with van der Waals surface area (Å²) >= 11 is 0. The highest BCUT2D eigenvalue weighted by Crippen LogP contribution is 2.26. The molecule has 0 aliphatic carbocycles. The van der Waals surface area contributed by atoms with E-state index >= 15 is 0 Å². The van der Waals surface area contributed by atoms with E-state index in [0.29, 0.717) is 19.2 Å². The standard InChI is InChI=1S/C19H30N2O2/c1-17(21-12-5-3-2-4-6-13-21)18-9-7-10-19(15-18)23-14-8-11-20-16-22/h7,9-10,15-17H,2-6,8,11-14H2,1H3,(H,20,22). The van der Waals surface area contributed by atoms with Crippen molar-refractivity contribution in [3.8, 4) is 5.75 Å². The highest BCUT2D eigenvalue weighted by molar-refractivity contribution is 5.45. The Kier molecular flexibility index (Phi) is 7.95. The number of carbonyl (C=O) groups excluding carboxylic acids is 1. The molecule has 0 radical (unpaired) electrons. The van der Waals surface area contributed by atoms with Crippen LogP contribution in [0.15, 0.2) is 24.3 Å². The highest BCUT2D eigenvalue weighted by Gasteiger charge is 2.17. The molecule has 1 aromatic carbocycles. The summed E-state index contributed by atoms with van der Waals surface area (Å²) in [4.78, 5) is 12.8. The highest BCUT2D eigenvalue weighted by atomic mass is 16.5. The van der Waals surface area contributed by atoms with E-state index in [1.807, 2.05) is 6.07 Å². The molecular weight excluding hydrogens is 288 g/mol. The van der Waals surface area contributed by atoms with Crippen LogP contribution in [-0.2, 0) is 4.79 Å². The lowest BCUT2D eigenvalue weighted by atomic mass is 10.0. The molecule has 1 heterocycles. The monoisotopic (exact) mass is 318 g/mol. The first-order chi connectivity index (χ1) is 11.3. The molecule has 4 nitrogen and oxygen atoms in total. The van der Waals surface area contributed by atoms with Gasteiger partial charge in [0.25, 0.3) is 0 Å². The number of hydrogen-bond donors (Lipinski definition) is 1. The second-order valence-corrected chi connectivity index (χ2v) is 6.33. The molecule has 1 aromatic rings. The van der Waals surface area contributed by atoms with E-state index in [9.17, 15) is 4.79 Å². The van der Waals surface area contributed by atoms with Crippen LogP contribution in [0.3, 0.4) is 0 Å². The summed E-state index contributed by atoms with van der Waals surface area (Å²) in [5.41, 5.74) is 1.33. The van der Waals surface area contributed by atoms with Crippen LogP contribution in [0, 0.1) is 0 Å². The first kappa shape index (κ1) is 17.8. The Balaban J connectivity index is 1.87. The van der Waals surface area contributed by atoms with Crippen LogP contribution < -0.4 is 10.1 Å². The molecule has 1 aliphatic rings. The van der Waals surface area contributed by atoms with Gasteiger partial charge < -0.3 is 10.1 Å². The van der Waals surface area contributed by atoms with Crippen molar-refractivity contribution in [1.29, 1.82) is 0 Å². The van der Waals surface area contributed by atoms with Gasteiger partial charge >= 0.3 is 0 Å². The Morgan fingerprint density at radius 3 is 2.70 bits per heavy atom. The SMILES string of the molecule is CC(c1cccc(OCCCNC=O)c1)N1CCCCCCC1. The van der Waals surface area contributed by atoms with Gasteiger partial charge in [-0.15, -0.1) is 0 Å². The van der Waals surface area contributed by atoms with Gasteiger partial charge in [-0.05, 0) is 57.0 Å². The van der Waals surface area contributed by atoms with Crippen molar-refractivity contribution >= 4 is 6.41 Å². The van der Waals surface area contributed by atoms with E-state index < -0.39 is 0 Å². The maximum atomic E-state index is 10.2. The van der Waals surface area contributed by atoms with Gasteiger partial charge in [0.2, 0.25) is 6.41 Å². The number of rotatable bonds is 8. The molecule has 1 atom stereocenters. The average Bonchev–Trinajstić information content (AvgIpc) is 2.54. The molecule has 0 aromatic heterocycles. The molecule has 1 amide bonds.